The van der Waals surface area contributed by atoms with Crippen LogP contribution in [0.2, 0.25) is 0 Å². The number of thiocarbonyl (C=S) groups is 1. The third-order valence-electron chi connectivity index (χ3n) is 6.42. The summed E-state index contributed by atoms with van der Waals surface area (Å²) in [4.78, 5) is 6.90. The Morgan fingerprint density at radius 1 is 0.972 bits per heavy atom. The number of nitrogens with one attached hydrogen (secondary N) is 1. The van der Waals surface area contributed by atoms with Crippen molar-refractivity contribution in [3.8, 4) is 17.1 Å². The second kappa shape index (κ2) is 9.95. The molecule has 36 heavy (non-hydrogen) atoms. The number of hydrogen-bond acceptors (Lipinski definition) is 5. The van der Waals surface area contributed by atoms with Crippen molar-refractivity contribution in [1.29, 1.82) is 0 Å². The summed E-state index contributed by atoms with van der Waals surface area (Å²) in [6.07, 6.45) is 0. The molecule has 0 aliphatic carbocycles. The number of hydrogen-bond donors (Lipinski definition) is 1. The number of methoxy groups -OCH3 is 1. The van der Waals surface area contributed by atoms with E-state index in [2.05, 4.69) is 53.5 Å². The monoisotopic (exact) mass is 496 g/mol. The zero-order valence-electron chi connectivity index (χ0n) is 20.8. The Labute approximate surface area is 216 Å². The summed E-state index contributed by atoms with van der Waals surface area (Å²) in [5.41, 5.74) is 7.28. The molecule has 0 amide bonds. The molecule has 1 aromatic heterocycles. The molecule has 0 saturated heterocycles. The van der Waals surface area contributed by atoms with E-state index in [4.69, 9.17) is 26.5 Å². The molecular weight excluding hydrogens is 468 g/mol. The van der Waals surface area contributed by atoms with Gasteiger partial charge in [0.1, 0.15) is 5.75 Å². The van der Waals surface area contributed by atoms with Crippen LogP contribution in [0.15, 0.2) is 83.0 Å². The Hall–Kier alpha value is -3.97. The molecule has 0 bridgehead atoms. The number of ether oxygens (including phenoxy) is 1. The van der Waals surface area contributed by atoms with Gasteiger partial charge in [0, 0.05) is 17.8 Å². The molecule has 2 heterocycles. The van der Waals surface area contributed by atoms with E-state index in [1.807, 2.05) is 55.5 Å². The molecule has 7 heteroatoms. The minimum absolute atomic E-state index is 0.271. The van der Waals surface area contributed by atoms with Crippen LogP contribution in [0.25, 0.3) is 17.0 Å². The van der Waals surface area contributed by atoms with Crippen LogP contribution in [0.4, 0.5) is 0 Å². The smallest absolute Gasteiger partial charge is 0.258 e. The highest BCUT2D eigenvalue weighted by molar-refractivity contribution is 7.80. The van der Waals surface area contributed by atoms with Crippen molar-refractivity contribution in [2.45, 2.75) is 33.4 Å². The van der Waals surface area contributed by atoms with Crippen LogP contribution in [-0.2, 0) is 6.54 Å². The van der Waals surface area contributed by atoms with Gasteiger partial charge in [0.15, 0.2) is 5.11 Å². The van der Waals surface area contributed by atoms with Crippen LogP contribution in [0.1, 0.15) is 41.1 Å². The van der Waals surface area contributed by atoms with Crippen LogP contribution in [0.3, 0.4) is 0 Å². The summed E-state index contributed by atoms with van der Waals surface area (Å²) >= 11 is 5.85. The highest BCUT2D eigenvalue weighted by atomic mass is 32.1. The summed E-state index contributed by atoms with van der Waals surface area (Å²) in [6, 6.07) is 24.2. The van der Waals surface area contributed by atoms with Crippen molar-refractivity contribution in [2.24, 2.45) is 0 Å². The molecule has 1 aliphatic rings. The van der Waals surface area contributed by atoms with Crippen LogP contribution >= 0.6 is 12.2 Å². The van der Waals surface area contributed by atoms with Gasteiger partial charge in [-0.25, -0.2) is 0 Å². The molecule has 0 fully saturated rings. The lowest BCUT2D eigenvalue weighted by molar-refractivity contribution is 0.395. The predicted octanol–water partition coefficient (Wildman–Crippen LogP) is 6.22. The Morgan fingerprint density at radius 3 is 2.50 bits per heavy atom. The van der Waals surface area contributed by atoms with E-state index in [0.717, 1.165) is 39.3 Å². The van der Waals surface area contributed by atoms with E-state index < -0.39 is 0 Å². The van der Waals surface area contributed by atoms with E-state index in [1.54, 1.807) is 7.11 Å². The molecule has 1 aliphatic heterocycles. The fourth-order valence-corrected chi connectivity index (χ4v) is 4.75. The Kier molecular flexibility index (Phi) is 6.57. The number of allylic oxidation sites excluding steroid dienone is 1. The summed E-state index contributed by atoms with van der Waals surface area (Å²) in [6.45, 7) is 6.82. The van der Waals surface area contributed by atoms with Gasteiger partial charge in [0.05, 0.1) is 18.7 Å². The van der Waals surface area contributed by atoms with Gasteiger partial charge < -0.3 is 19.5 Å². The Bertz CT molecular complexity index is 1440. The quantitative estimate of drug-likeness (QED) is 0.318. The molecule has 3 aromatic carbocycles. The van der Waals surface area contributed by atoms with Crippen molar-refractivity contribution >= 4 is 22.9 Å². The van der Waals surface area contributed by atoms with E-state index in [1.165, 1.54) is 5.56 Å². The van der Waals surface area contributed by atoms with Gasteiger partial charge in [-0.3, -0.25) is 0 Å². The lowest BCUT2D eigenvalue weighted by Gasteiger charge is -2.37. The van der Waals surface area contributed by atoms with Crippen molar-refractivity contribution in [3.63, 3.8) is 0 Å². The van der Waals surface area contributed by atoms with Crippen molar-refractivity contribution in [3.05, 3.63) is 107 Å². The summed E-state index contributed by atoms with van der Waals surface area (Å²) < 4.78 is 11.4. The molecular formula is C29H28N4O2S. The molecule has 1 atom stereocenters. The Morgan fingerprint density at radius 2 is 1.75 bits per heavy atom. The largest absolute Gasteiger partial charge is 0.497 e. The van der Waals surface area contributed by atoms with Gasteiger partial charge in [-0.15, -0.1) is 0 Å². The molecule has 0 radical (unpaired) electrons. The molecule has 0 spiro atoms. The van der Waals surface area contributed by atoms with Crippen molar-refractivity contribution in [2.75, 3.05) is 7.11 Å². The second-order valence-electron chi connectivity index (χ2n) is 9.02. The third kappa shape index (κ3) is 4.75. The zero-order valence-corrected chi connectivity index (χ0v) is 21.6. The van der Waals surface area contributed by atoms with Gasteiger partial charge in [-0.1, -0.05) is 70.9 Å². The van der Waals surface area contributed by atoms with Gasteiger partial charge in [0.25, 0.3) is 5.89 Å². The topological polar surface area (TPSA) is 63.4 Å². The predicted molar refractivity (Wildman–Crippen MR) is 145 cm³/mol. The fourth-order valence-electron chi connectivity index (χ4n) is 4.43. The zero-order chi connectivity index (χ0) is 25.2. The van der Waals surface area contributed by atoms with Crippen LogP contribution in [-0.4, -0.2) is 27.3 Å². The van der Waals surface area contributed by atoms with Gasteiger partial charge >= 0.3 is 0 Å². The minimum Gasteiger partial charge on any atom is -0.497 e. The number of nitrogens with zero attached hydrogens (tertiary/aromatic N) is 3. The lowest BCUT2D eigenvalue weighted by atomic mass is 9.94. The number of rotatable bonds is 6. The molecule has 6 nitrogen and oxygen atoms in total. The number of aromatic nitrogens is 2. The lowest BCUT2D eigenvalue weighted by Crippen LogP contribution is -2.45. The average Bonchev–Trinajstić information content (AvgIpc) is 3.37. The molecule has 5 rings (SSSR count). The van der Waals surface area contributed by atoms with Crippen LogP contribution in [0.5, 0.6) is 5.75 Å². The van der Waals surface area contributed by atoms with Crippen molar-refractivity contribution < 1.29 is 9.26 Å². The third-order valence-corrected chi connectivity index (χ3v) is 6.76. The fraction of sp³-hybridized carbons (Fsp3) is 0.207. The molecule has 1 unspecified atom stereocenters. The van der Waals surface area contributed by atoms with E-state index in [-0.39, 0.29) is 6.04 Å². The summed E-state index contributed by atoms with van der Waals surface area (Å²) in [5, 5.41) is 8.47. The molecule has 4 aromatic rings. The molecule has 1 N–H and O–H groups in total. The maximum absolute atomic E-state index is 5.87. The first-order valence-electron chi connectivity index (χ1n) is 11.8. The maximum Gasteiger partial charge on any atom is 0.258 e. The van der Waals surface area contributed by atoms with E-state index in [0.29, 0.717) is 23.4 Å². The van der Waals surface area contributed by atoms with Gasteiger partial charge in [-0.2, -0.15) is 4.98 Å². The standard InChI is InChI=1S/C29H28N4O2S/c1-18-11-13-21(14-12-18)17-33-20(3)25(26(30-29(33)36)22-8-6-10-24(16-22)34-4)28-31-27(32-35-28)23-9-5-7-19(2)15-23/h5-16,26H,17H2,1-4H3,(H,30,36). The van der Waals surface area contributed by atoms with Crippen LogP contribution in [0, 0.1) is 13.8 Å². The summed E-state index contributed by atoms with van der Waals surface area (Å²) in [5.74, 6) is 1.78. The maximum atomic E-state index is 5.87. The molecule has 182 valence electrons. The second-order valence-corrected chi connectivity index (χ2v) is 9.41. The first-order valence-corrected chi connectivity index (χ1v) is 12.2. The normalized spacial score (nSPS) is 15.7. The minimum atomic E-state index is -0.271. The first-order chi connectivity index (χ1) is 17.4. The van der Waals surface area contributed by atoms with E-state index in [9.17, 15) is 0 Å². The summed E-state index contributed by atoms with van der Waals surface area (Å²) in [7, 11) is 1.66. The first kappa shape index (κ1) is 23.8. The van der Waals surface area contributed by atoms with Crippen LogP contribution < -0.4 is 10.1 Å². The number of aryl methyl sites for hydroxylation is 2. The van der Waals surface area contributed by atoms with E-state index >= 15 is 0 Å². The Balaban J connectivity index is 1.60. The number of benzene rings is 3. The SMILES string of the molecule is COc1cccc(C2NC(=S)N(Cc3ccc(C)cc3)C(C)=C2c2nc(-c3cccc(C)c3)no2)c1. The average molecular weight is 497 g/mol. The van der Waals surface area contributed by atoms with Gasteiger partial charge in [0.2, 0.25) is 5.82 Å². The molecule has 0 saturated carbocycles. The van der Waals surface area contributed by atoms with Gasteiger partial charge in [-0.05, 0) is 62.3 Å². The highest BCUT2D eigenvalue weighted by Crippen LogP contribution is 2.38. The highest BCUT2D eigenvalue weighted by Gasteiger charge is 2.34. The van der Waals surface area contributed by atoms with Crippen molar-refractivity contribution in [1.82, 2.24) is 20.4 Å².